The fourth-order valence-corrected chi connectivity index (χ4v) is 5.58. The van der Waals surface area contributed by atoms with E-state index in [0.29, 0.717) is 35.2 Å². The second-order valence-corrected chi connectivity index (χ2v) is 11.0. The zero-order valence-corrected chi connectivity index (χ0v) is 21.1. The first kappa shape index (κ1) is 24.9. The number of amides is 1. The Morgan fingerprint density at radius 3 is 2.24 bits per heavy atom. The van der Waals surface area contributed by atoms with E-state index in [0.717, 1.165) is 10.3 Å². The van der Waals surface area contributed by atoms with Crippen LogP contribution in [0.4, 0.5) is 5.13 Å². The predicted octanol–water partition coefficient (Wildman–Crippen LogP) is 3.38. The van der Waals surface area contributed by atoms with Gasteiger partial charge in [0, 0.05) is 19.5 Å². The van der Waals surface area contributed by atoms with Crippen molar-refractivity contribution in [3.05, 3.63) is 42.0 Å². The van der Waals surface area contributed by atoms with Gasteiger partial charge in [-0.05, 0) is 45.3 Å². The fourth-order valence-electron chi connectivity index (χ4n) is 3.24. The number of aromatic nitrogens is 1. The third-order valence-corrected chi connectivity index (χ3v) is 7.99. The smallest absolute Gasteiger partial charge is 0.229 e. The SMILES string of the molecule is COc1ccc(OC)c2sc(N(CCN(C)C)C(=O)CCS(=O)(=O)c3ccc(C)cc3)nc12. The minimum atomic E-state index is -3.58. The van der Waals surface area contributed by atoms with Gasteiger partial charge >= 0.3 is 0 Å². The number of rotatable bonds is 10. The molecule has 0 aliphatic rings. The Kier molecular flexibility index (Phi) is 7.93. The number of fused-ring (bicyclic) bond motifs is 1. The highest BCUT2D eigenvalue weighted by Gasteiger charge is 2.25. The lowest BCUT2D eigenvalue weighted by Crippen LogP contribution is -2.37. The van der Waals surface area contributed by atoms with Crippen LogP contribution in [0.2, 0.25) is 0 Å². The molecule has 10 heteroatoms. The Bertz CT molecular complexity index is 1180. The van der Waals surface area contributed by atoms with Gasteiger partial charge in [0.2, 0.25) is 5.91 Å². The second kappa shape index (κ2) is 10.5. The number of likely N-dealkylation sites (N-methyl/N-ethyl adjacent to an activating group) is 1. The number of nitrogens with zero attached hydrogens (tertiary/aromatic N) is 3. The summed E-state index contributed by atoms with van der Waals surface area (Å²) in [7, 11) is 3.38. The van der Waals surface area contributed by atoms with Crippen molar-refractivity contribution >= 4 is 42.4 Å². The number of thiazole rings is 1. The molecule has 0 fully saturated rings. The average molecular weight is 492 g/mol. The highest BCUT2D eigenvalue weighted by Crippen LogP contribution is 2.40. The van der Waals surface area contributed by atoms with Crippen molar-refractivity contribution in [2.75, 3.05) is 52.1 Å². The van der Waals surface area contributed by atoms with Crippen LogP contribution >= 0.6 is 11.3 Å². The number of carbonyl (C=O) groups is 1. The van der Waals surface area contributed by atoms with Gasteiger partial charge in [-0.1, -0.05) is 29.0 Å². The quantitative estimate of drug-likeness (QED) is 0.430. The van der Waals surface area contributed by atoms with Crippen LogP contribution in [0.15, 0.2) is 41.3 Å². The van der Waals surface area contributed by atoms with E-state index >= 15 is 0 Å². The monoisotopic (exact) mass is 491 g/mol. The molecular weight excluding hydrogens is 462 g/mol. The van der Waals surface area contributed by atoms with Crippen molar-refractivity contribution < 1.29 is 22.7 Å². The first-order chi connectivity index (χ1) is 15.7. The number of benzene rings is 2. The number of hydrogen-bond donors (Lipinski definition) is 0. The van der Waals surface area contributed by atoms with Crippen LogP contribution in [0.5, 0.6) is 11.5 Å². The molecule has 8 nitrogen and oxygen atoms in total. The van der Waals surface area contributed by atoms with Gasteiger partial charge in [-0.2, -0.15) is 0 Å². The van der Waals surface area contributed by atoms with Gasteiger partial charge in [-0.15, -0.1) is 0 Å². The molecule has 1 heterocycles. The van der Waals surface area contributed by atoms with Gasteiger partial charge in [-0.3, -0.25) is 9.69 Å². The number of hydrogen-bond acceptors (Lipinski definition) is 8. The molecule has 1 aromatic heterocycles. The Hall–Kier alpha value is -2.69. The summed E-state index contributed by atoms with van der Waals surface area (Å²) < 4.78 is 37.2. The highest BCUT2D eigenvalue weighted by atomic mass is 32.2. The summed E-state index contributed by atoms with van der Waals surface area (Å²) in [4.78, 5) is 21.6. The van der Waals surface area contributed by atoms with E-state index in [1.807, 2.05) is 25.9 Å². The molecule has 0 N–H and O–H groups in total. The number of anilines is 1. The minimum absolute atomic E-state index is 0.145. The zero-order chi connectivity index (χ0) is 24.2. The Balaban J connectivity index is 1.89. The number of methoxy groups -OCH3 is 2. The van der Waals surface area contributed by atoms with Crippen molar-refractivity contribution in [2.24, 2.45) is 0 Å². The molecule has 0 aliphatic heterocycles. The number of ether oxygens (including phenoxy) is 2. The van der Waals surface area contributed by atoms with Crippen LogP contribution < -0.4 is 14.4 Å². The summed E-state index contributed by atoms with van der Waals surface area (Å²) in [5, 5.41) is 0.479. The normalized spacial score (nSPS) is 11.7. The molecule has 0 radical (unpaired) electrons. The molecule has 178 valence electrons. The zero-order valence-electron chi connectivity index (χ0n) is 19.5. The van der Waals surface area contributed by atoms with E-state index < -0.39 is 9.84 Å². The van der Waals surface area contributed by atoms with Crippen LogP contribution in [0.1, 0.15) is 12.0 Å². The van der Waals surface area contributed by atoms with Crippen LogP contribution in [-0.4, -0.2) is 71.4 Å². The first-order valence-corrected chi connectivity index (χ1v) is 12.9. The molecule has 2 aromatic carbocycles. The summed E-state index contributed by atoms with van der Waals surface area (Å²) in [5.41, 5.74) is 1.58. The largest absolute Gasteiger partial charge is 0.495 e. The van der Waals surface area contributed by atoms with Crippen molar-refractivity contribution in [2.45, 2.75) is 18.2 Å². The molecular formula is C23H29N3O5S2. The standard InChI is InChI=1S/C23H29N3O5S2/c1-16-6-8-17(9-7-16)33(28,29)15-12-20(27)26(14-13-25(2)3)23-24-21-18(30-4)10-11-19(31-5)22(21)32-23/h6-11H,12-15H2,1-5H3. The molecule has 3 aromatic rings. The summed E-state index contributed by atoms with van der Waals surface area (Å²) in [5.74, 6) is 0.640. The van der Waals surface area contributed by atoms with E-state index in [-0.39, 0.29) is 23.0 Å². The Labute approximate surface area is 198 Å². The number of carbonyl (C=O) groups excluding carboxylic acids is 1. The Morgan fingerprint density at radius 2 is 1.64 bits per heavy atom. The van der Waals surface area contributed by atoms with Gasteiger partial charge in [0.1, 0.15) is 21.7 Å². The summed E-state index contributed by atoms with van der Waals surface area (Å²) >= 11 is 1.32. The molecule has 0 unspecified atom stereocenters. The van der Waals surface area contributed by atoms with Gasteiger partial charge in [0.15, 0.2) is 15.0 Å². The van der Waals surface area contributed by atoms with Gasteiger partial charge < -0.3 is 14.4 Å². The topological polar surface area (TPSA) is 89.0 Å². The van der Waals surface area contributed by atoms with E-state index in [1.54, 1.807) is 55.5 Å². The molecule has 0 atom stereocenters. The van der Waals surface area contributed by atoms with Gasteiger partial charge in [-0.25, -0.2) is 13.4 Å². The maximum Gasteiger partial charge on any atom is 0.229 e. The third kappa shape index (κ3) is 5.82. The van der Waals surface area contributed by atoms with Crippen LogP contribution in [0, 0.1) is 6.92 Å². The molecule has 0 saturated carbocycles. The Morgan fingerprint density at radius 1 is 1.00 bits per heavy atom. The summed E-state index contributed by atoms with van der Waals surface area (Å²) in [6.07, 6.45) is -0.145. The second-order valence-electron chi connectivity index (χ2n) is 7.87. The average Bonchev–Trinajstić information content (AvgIpc) is 3.22. The molecule has 0 spiro atoms. The minimum Gasteiger partial charge on any atom is -0.495 e. The van der Waals surface area contributed by atoms with Crippen molar-refractivity contribution in [3.63, 3.8) is 0 Å². The third-order valence-electron chi connectivity index (χ3n) is 5.17. The lowest BCUT2D eigenvalue weighted by Gasteiger charge is -2.22. The van der Waals surface area contributed by atoms with Crippen LogP contribution in [0.25, 0.3) is 10.2 Å². The van der Waals surface area contributed by atoms with Gasteiger partial charge in [0.25, 0.3) is 0 Å². The first-order valence-electron chi connectivity index (χ1n) is 10.4. The van der Waals surface area contributed by atoms with Crippen molar-refractivity contribution in [1.29, 1.82) is 0 Å². The molecule has 33 heavy (non-hydrogen) atoms. The summed E-state index contributed by atoms with van der Waals surface area (Å²) in [6, 6.07) is 10.2. The van der Waals surface area contributed by atoms with E-state index in [9.17, 15) is 13.2 Å². The van der Waals surface area contributed by atoms with E-state index in [4.69, 9.17) is 9.47 Å². The maximum absolute atomic E-state index is 13.2. The van der Waals surface area contributed by atoms with Crippen molar-refractivity contribution in [1.82, 2.24) is 9.88 Å². The fraction of sp³-hybridized carbons (Fsp3) is 0.391. The highest BCUT2D eigenvalue weighted by molar-refractivity contribution is 7.91. The molecule has 3 rings (SSSR count). The maximum atomic E-state index is 13.2. The lowest BCUT2D eigenvalue weighted by molar-refractivity contribution is -0.118. The predicted molar refractivity (Wildman–Crippen MR) is 131 cm³/mol. The number of sulfone groups is 1. The van der Waals surface area contributed by atoms with Crippen LogP contribution in [-0.2, 0) is 14.6 Å². The lowest BCUT2D eigenvalue weighted by atomic mass is 10.2. The molecule has 0 aliphatic carbocycles. The molecule has 1 amide bonds. The van der Waals surface area contributed by atoms with Crippen LogP contribution in [0.3, 0.4) is 0 Å². The molecule has 0 bridgehead atoms. The van der Waals surface area contributed by atoms with E-state index in [2.05, 4.69) is 4.98 Å². The van der Waals surface area contributed by atoms with Crippen molar-refractivity contribution in [3.8, 4) is 11.5 Å². The summed E-state index contributed by atoms with van der Waals surface area (Å²) in [6.45, 7) is 2.87. The number of aryl methyl sites for hydroxylation is 1. The van der Waals surface area contributed by atoms with E-state index in [1.165, 1.54) is 11.3 Å². The van der Waals surface area contributed by atoms with Gasteiger partial charge in [0.05, 0.1) is 24.9 Å². The molecule has 0 saturated heterocycles.